The minimum absolute atomic E-state index is 0.00618. The first-order chi connectivity index (χ1) is 15.1. The summed E-state index contributed by atoms with van der Waals surface area (Å²) in [6.07, 6.45) is -1.73. The third-order valence-corrected chi connectivity index (χ3v) is 4.27. The number of benzene rings is 1. The summed E-state index contributed by atoms with van der Waals surface area (Å²) in [5.41, 5.74) is 3.22. The van der Waals surface area contributed by atoms with Gasteiger partial charge in [-0.25, -0.2) is 9.59 Å². The highest BCUT2D eigenvalue weighted by Gasteiger charge is 2.34. The van der Waals surface area contributed by atoms with Gasteiger partial charge in [-0.05, 0) is 36.1 Å². The van der Waals surface area contributed by atoms with Crippen LogP contribution in [-0.4, -0.2) is 42.9 Å². The van der Waals surface area contributed by atoms with Gasteiger partial charge in [0.2, 0.25) is 0 Å². The van der Waals surface area contributed by atoms with Crippen molar-refractivity contribution < 1.29 is 28.6 Å². The lowest BCUT2D eigenvalue weighted by molar-refractivity contribution is -0.116. The summed E-state index contributed by atoms with van der Waals surface area (Å²) >= 11 is 5.92. The van der Waals surface area contributed by atoms with E-state index < -0.39 is 18.2 Å². The largest absolute Gasteiger partial charge is 0.513 e. The fourth-order valence-electron chi connectivity index (χ4n) is 2.50. The van der Waals surface area contributed by atoms with Gasteiger partial charge < -0.3 is 19.5 Å². The van der Waals surface area contributed by atoms with Gasteiger partial charge in [0.1, 0.15) is 11.3 Å². The molecule has 0 aliphatic carbocycles. The number of hydrogen-bond donors (Lipinski definition) is 2. The van der Waals surface area contributed by atoms with Gasteiger partial charge in [-0.15, -0.1) is 0 Å². The van der Waals surface area contributed by atoms with Crippen LogP contribution in [0.3, 0.4) is 0 Å². The molecule has 1 heterocycles. The number of carbonyl (C=O) groups excluding carboxylic acids is 3. The predicted octanol–water partition coefficient (Wildman–Crippen LogP) is 4.47. The number of hydrogen-bond acceptors (Lipinski definition) is 7. The number of rotatable bonds is 9. The molecule has 0 fully saturated rings. The third-order valence-electron chi connectivity index (χ3n) is 4.02. The van der Waals surface area contributed by atoms with Gasteiger partial charge in [0.25, 0.3) is 5.91 Å². The summed E-state index contributed by atoms with van der Waals surface area (Å²) < 4.78 is 15.5. The Labute approximate surface area is 192 Å². The van der Waals surface area contributed by atoms with Gasteiger partial charge in [0.05, 0.1) is 31.1 Å². The highest BCUT2D eigenvalue weighted by Crippen LogP contribution is 2.25. The molecule has 32 heavy (non-hydrogen) atoms. The average Bonchev–Trinajstić information content (AvgIpc) is 3.09. The first kappa shape index (κ1) is 25.1. The third kappa shape index (κ3) is 7.19. The van der Waals surface area contributed by atoms with Gasteiger partial charge >= 0.3 is 12.2 Å². The standard InChI is InChI=1S/C22H28ClN3O6/c1-13(2)11-30-21(28)26(25-17-8-6-16(23)7-9-17)15(5)19-18(10-24-20(19)27)32-22(29)31-12-14(3)4/h6-9,13-14,25H,5,10-12H2,1-4H3,(H,24,27). The van der Waals surface area contributed by atoms with Crippen LogP contribution in [-0.2, 0) is 19.0 Å². The molecule has 0 radical (unpaired) electrons. The molecule has 0 unspecified atom stereocenters. The molecule has 9 nitrogen and oxygen atoms in total. The zero-order valence-corrected chi connectivity index (χ0v) is 19.3. The van der Waals surface area contributed by atoms with Crippen molar-refractivity contribution in [2.45, 2.75) is 27.7 Å². The second-order valence-electron chi connectivity index (χ2n) is 7.91. The van der Waals surface area contributed by atoms with Crippen molar-refractivity contribution in [3.8, 4) is 0 Å². The fourth-order valence-corrected chi connectivity index (χ4v) is 2.62. The van der Waals surface area contributed by atoms with Crippen molar-refractivity contribution in [2.75, 3.05) is 25.2 Å². The van der Waals surface area contributed by atoms with Crippen molar-refractivity contribution >= 4 is 35.4 Å². The van der Waals surface area contributed by atoms with E-state index in [1.54, 1.807) is 24.3 Å². The number of nitrogens with one attached hydrogen (secondary N) is 2. The van der Waals surface area contributed by atoms with Gasteiger partial charge in [-0.3, -0.25) is 10.2 Å². The lowest BCUT2D eigenvalue weighted by Crippen LogP contribution is -2.38. The maximum atomic E-state index is 12.8. The Kier molecular flexibility index (Phi) is 8.95. The summed E-state index contributed by atoms with van der Waals surface area (Å²) in [5, 5.41) is 4.05. The van der Waals surface area contributed by atoms with Crippen molar-refractivity contribution in [2.24, 2.45) is 11.8 Å². The van der Waals surface area contributed by atoms with Crippen LogP contribution < -0.4 is 10.7 Å². The number of amides is 2. The van der Waals surface area contributed by atoms with Crippen molar-refractivity contribution in [1.82, 2.24) is 10.3 Å². The van der Waals surface area contributed by atoms with E-state index in [0.717, 1.165) is 5.01 Å². The van der Waals surface area contributed by atoms with Crippen LogP contribution in [0, 0.1) is 11.8 Å². The van der Waals surface area contributed by atoms with E-state index in [2.05, 4.69) is 17.3 Å². The van der Waals surface area contributed by atoms with Gasteiger partial charge in [-0.1, -0.05) is 45.9 Å². The average molecular weight is 466 g/mol. The number of carbonyl (C=O) groups is 3. The van der Waals surface area contributed by atoms with E-state index in [-0.39, 0.29) is 48.6 Å². The van der Waals surface area contributed by atoms with Crippen molar-refractivity contribution in [3.63, 3.8) is 0 Å². The summed E-state index contributed by atoms with van der Waals surface area (Å²) in [7, 11) is 0. The predicted molar refractivity (Wildman–Crippen MR) is 120 cm³/mol. The summed E-state index contributed by atoms with van der Waals surface area (Å²) in [6, 6.07) is 6.54. The van der Waals surface area contributed by atoms with Crippen LogP contribution in [0.5, 0.6) is 0 Å². The van der Waals surface area contributed by atoms with Crippen molar-refractivity contribution in [1.29, 1.82) is 0 Å². The molecule has 2 amide bonds. The molecular weight excluding hydrogens is 438 g/mol. The lowest BCUT2D eigenvalue weighted by Gasteiger charge is -2.26. The molecule has 0 saturated heterocycles. The smallest absolute Gasteiger partial charge is 0.448 e. The number of anilines is 1. The van der Waals surface area contributed by atoms with E-state index in [1.807, 2.05) is 27.7 Å². The zero-order chi connectivity index (χ0) is 23.8. The minimum Gasteiger partial charge on any atom is -0.448 e. The van der Waals surface area contributed by atoms with Crippen LogP contribution >= 0.6 is 11.6 Å². The highest BCUT2D eigenvalue weighted by molar-refractivity contribution is 6.30. The number of ether oxygens (including phenoxy) is 3. The van der Waals surface area contributed by atoms with Crippen LogP contribution in [0.1, 0.15) is 27.7 Å². The first-order valence-corrected chi connectivity index (χ1v) is 10.5. The second-order valence-corrected chi connectivity index (χ2v) is 8.35. The summed E-state index contributed by atoms with van der Waals surface area (Å²) in [5.74, 6) is -0.355. The van der Waals surface area contributed by atoms with Gasteiger partial charge in [0.15, 0.2) is 0 Å². The molecule has 1 aliphatic rings. The molecule has 1 aromatic carbocycles. The SMILES string of the molecule is C=C(C1=C(OC(=O)OCC(C)C)CNC1=O)N(Nc1ccc(Cl)cc1)C(=O)OCC(C)C. The fraction of sp³-hybridized carbons (Fsp3) is 0.409. The Morgan fingerprint density at radius 3 is 2.31 bits per heavy atom. The monoisotopic (exact) mass is 465 g/mol. The van der Waals surface area contributed by atoms with Crippen LogP contribution in [0.4, 0.5) is 15.3 Å². The molecule has 10 heteroatoms. The maximum Gasteiger partial charge on any atom is 0.513 e. The van der Waals surface area contributed by atoms with E-state index in [0.29, 0.717) is 10.7 Å². The molecule has 0 atom stereocenters. The topological polar surface area (TPSA) is 106 Å². The van der Waals surface area contributed by atoms with E-state index in [1.165, 1.54) is 0 Å². The van der Waals surface area contributed by atoms with Crippen molar-refractivity contribution in [3.05, 3.63) is 52.9 Å². The lowest BCUT2D eigenvalue weighted by atomic mass is 10.2. The van der Waals surface area contributed by atoms with Gasteiger partial charge in [-0.2, -0.15) is 5.01 Å². The molecule has 174 valence electrons. The van der Waals surface area contributed by atoms with Crippen LogP contribution in [0.25, 0.3) is 0 Å². The van der Waals surface area contributed by atoms with E-state index in [9.17, 15) is 14.4 Å². The van der Waals surface area contributed by atoms with E-state index in [4.69, 9.17) is 25.8 Å². The molecule has 0 bridgehead atoms. The molecular formula is C22H28ClN3O6. The minimum atomic E-state index is -0.949. The van der Waals surface area contributed by atoms with Gasteiger partial charge in [0, 0.05) is 5.02 Å². The number of nitrogens with zero attached hydrogens (tertiary/aromatic N) is 1. The molecule has 2 N–H and O–H groups in total. The second kappa shape index (κ2) is 11.4. The van der Waals surface area contributed by atoms with Crippen LogP contribution in [0.15, 0.2) is 47.9 Å². The van der Waals surface area contributed by atoms with E-state index >= 15 is 0 Å². The molecule has 0 saturated carbocycles. The summed E-state index contributed by atoms with van der Waals surface area (Å²) in [6.45, 7) is 11.7. The maximum absolute atomic E-state index is 12.8. The molecule has 0 spiro atoms. The Hall–Kier alpha value is -3.20. The van der Waals surface area contributed by atoms with Crippen LogP contribution in [0.2, 0.25) is 5.02 Å². The Morgan fingerprint density at radius 2 is 1.72 bits per heavy atom. The number of hydrazine groups is 1. The Bertz CT molecular complexity index is 895. The zero-order valence-electron chi connectivity index (χ0n) is 18.6. The quantitative estimate of drug-likeness (QED) is 0.409. The summed E-state index contributed by atoms with van der Waals surface area (Å²) in [4.78, 5) is 37.3. The molecule has 2 rings (SSSR count). The number of halogens is 1. The highest BCUT2D eigenvalue weighted by atomic mass is 35.5. The first-order valence-electron chi connectivity index (χ1n) is 10.1. The molecule has 1 aromatic rings. The Balaban J connectivity index is 2.29. The molecule has 1 aliphatic heterocycles. The Morgan fingerprint density at radius 1 is 1.12 bits per heavy atom. The molecule has 0 aromatic heterocycles. The normalized spacial score (nSPS) is 13.2.